The average molecular weight is 255 g/mol. The van der Waals surface area contributed by atoms with Crippen LogP contribution in [0.2, 0.25) is 0 Å². The predicted molar refractivity (Wildman–Crippen MR) is 73.6 cm³/mol. The monoisotopic (exact) mass is 255 g/mol. The Labute approximate surface area is 111 Å². The van der Waals surface area contributed by atoms with Gasteiger partial charge in [0, 0.05) is 19.3 Å². The van der Waals surface area contributed by atoms with Crippen LogP contribution in [0.3, 0.4) is 0 Å². The summed E-state index contributed by atoms with van der Waals surface area (Å²) < 4.78 is 11.2. The lowest BCUT2D eigenvalue weighted by molar-refractivity contribution is -0.0283. The summed E-state index contributed by atoms with van der Waals surface area (Å²) in [6.07, 6.45) is 10.8. The van der Waals surface area contributed by atoms with Crippen LogP contribution in [0.15, 0.2) is 0 Å². The van der Waals surface area contributed by atoms with Crippen molar-refractivity contribution >= 4 is 0 Å². The Balaban J connectivity index is 1.46. The zero-order valence-electron chi connectivity index (χ0n) is 11.8. The number of hydrogen-bond acceptors (Lipinski definition) is 3. The van der Waals surface area contributed by atoms with Gasteiger partial charge in [0.25, 0.3) is 0 Å². The van der Waals surface area contributed by atoms with Gasteiger partial charge in [-0.1, -0.05) is 0 Å². The van der Waals surface area contributed by atoms with Crippen LogP contribution in [0.4, 0.5) is 0 Å². The lowest BCUT2D eigenvalue weighted by Crippen LogP contribution is -2.35. The van der Waals surface area contributed by atoms with E-state index < -0.39 is 0 Å². The summed E-state index contributed by atoms with van der Waals surface area (Å²) in [5.74, 6) is 0.819. The summed E-state index contributed by atoms with van der Waals surface area (Å²) in [4.78, 5) is 0. The van der Waals surface area contributed by atoms with Crippen LogP contribution in [0.25, 0.3) is 0 Å². The molecule has 0 aromatic rings. The van der Waals surface area contributed by atoms with E-state index in [2.05, 4.69) is 6.92 Å². The minimum absolute atomic E-state index is 0.388. The molecule has 3 nitrogen and oxygen atoms in total. The Morgan fingerprint density at radius 1 is 1.39 bits per heavy atom. The second-order valence-electron chi connectivity index (χ2n) is 5.98. The van der Waals surface area contributed by atoms with E-state index in [1.165, 1.54) is 44.9 Å². The van der Waals surface area contributed by atoms with Gasteiger partial charge in [-0.25, -0.2) is 0 Å². The van der Waals surface area contributed by atoms with Crippen molar-refractivity contribution in [2.75, 3.05) is 13.2 Å². The molecular weight excluding hydrogens is 226 g/mol. The van der Waals surface area contributed by atoms with Crippen molar-refractivity contribution in [2.45, 2.75) is 76.5 Å². The molecule has 2 atom stereocenters. The van der Waals surface area contributed by atoms with Crippen LogP contribution >= 0.6 is 0 Å². The summed E-state index contributed by atoms with van der Waals surface area (Å²) in [6, 6.07) is 0.388. The van der Waals surface area contributed by atoms with E-state index in [1.807, 2.05) is 0 Å². The van der Waals surface area contributed by atoms with Gasteiger partial charge in [0.05, 0.1) is 12.2 Å². The van der Waals surface area contributed by atoms with Crippen LogP contribution in [-0.2, 0) is 9.47 Å². The lowest BCUT2D eigenvalue weighted by Gasteiger charge is -2.36. The molecule has 0 aromatic heterocycles. The smallest absolute Gasteiger partial charge is 0.0580 e. The summed E-state index contributed by atoms with van der Waals surface area (Å²) >= 11 is 0. The molecule has 2 N–H and O–H groups in total. The molecule has 2 rings (SSSR count). The zero-order valence-corrected chi connectivity index (χ0v) is 11.8. The highest BCUT2D eigenvalue weighted by atomic mass is 16.5. The van der Waals surface area contributed by atoms with Crippen LogP contribution in [-0.4, -0.2) is 31.5 Å². The van der Waals surface area contributed by atoms with E-state index in [-0.39, 0.29) is 0 Å². The van der Waals surface area contributed by atoms with E-state index in [4.69, 9.17) is 15.2 Å². The first kappa shape index (κ1) is 14.3. The normalized spacial score (nSPS) is 33.3. The van der Waals surface area contributed by atoms with Crippen LogP contribution < -0.4 is 5.73 Å². The third kappa shape index (κ3) is 4.52. The highest BCUT2D eigenvalue weighted by Crippen LogP contribution is 2.34. The fourth-order valence-electron chi connectivity index (χ4n) is 3.26. The zero-order chi connectivity index (χ0) is 12.8. The molecule has 1 saturated carbocycles. The Hall–Kier alpha value is -0.120. The SMILES string of the molecule is CCOC1CC(CC(N)CCCC2CCCO2)C1. The van der Waals surface area contributed by atoms with Gasteiger partial charge in [0.15, 0.2) is 0 Å². The minimum Gasteiger partial charge on any atom is -0.378 e. The van der Waals surface area contributed by atoms with Gasteiger partial charge >= 0.3 is 0 Å². The maximum absolute atomic E-state index is 6.21. The van der Waals surface area contributed by atoms with Gasteiger partial charge in [0.2, 0.25) is 0 Å². The summed E-state index contributed by atoms with van der Waals surface area (Å²) in [5, 5.41) is 0. The Morgan fingerprint density at radius 3 is 2.89 bits per heavy atom. The molecule has 0 spiro atoms. The first-order chi connectivity index (χ1) is 8.78. The highest BCUT2D eigenvalue weighted by molar-refractivity contribution is 4.83. The van der Waals surface area contributed by atoms with Crippen molar-refractivity contribution in [2.24, 2.45) is 11.7 Å². The predicted octanol–water partition coefficient (Wildman–Crippen LogP) is 2.87. The standard InChI is InChI=1S/C15H29NO2/c1-2-17-15-10-12(11-15)9-13(16)5-3-6-14-7-4-8-18-14/h12-15H,2-11,16H2,1H3. The van der Waals surface area contributed by atoms with Gasteiger partial charge in [-0.2, -0.15) is 0 Å². The second-order valence-corrected chi connectivity index (χ2v) is 5.98. The maximum Gasteiger partial charge on any atom is 0.0580 e. The van der Waals surface area contributed by atoms with Crippen molar-refractivity contribution < 1.29 is 9.47 Å². The molecule has 3 heteroatoms. The first-order valence-corrected chi connectivity index (χ1v) is 7.76. The molecule has 1 aliphatic heterocycles. The van der Waals surface area contributed by atoms with E-state index in [0.717, 1.165) is 25.6 Å². The molecular formula is C15H29NO2. The Morgan fingerprint density at radius 2 is 2.22 bits per heavy atom. The lowest BCUT2D eigenvalue weighted by atomic mass is 9.77. The van der Waals surface area contributed by atoms with Gasteiger partial charge in [-0.15, -0.1) is 0 Å². The van der Waals surface area contributed by atoms with Gasteiger partial charge in [-0.3, -0.25) is 0 Å². The topological polar surface area (TPSA) is 44.5 Å². The molecule has 0 aromatic carbocycles. The molecule has 2 fully saturated rings. The number of hydrogen-bond donors (Lipinski definition) is 1. The second kappa shape index (κ2) is 7.46. The van der Waals surface area contributed by atoms with E-state index in [0.29, 0.717) is 18.2 Å². The maximum atomic E-state index is 6.21. The van der Waals surface area contributed by atoms with Gasteiger partial charge in [0.1, 0.15) is 0 Å². The van der Waals surface area contributed by atoms with Gasteiger partial charge in [-0.05, 0) is 64.2 Å². The van der Waals surface area contributed by atoms with Crippen LogP contribution in [0.1, 0.15) is 58.3 Å². The van der Waals surface area contributed by atoms with E-state index in [9.17, 15) is 0 Å². The molecule has 1 saturated heterocycles. The number of nitrogens with two attached hydrogens (primary N) is 1. The van der Waals surface area contributed by atoms with Crippen molar-refractivity contribution in [3.8, 4) is 0 Å². The molecule has 2 aliphatic rings. The Kier molecular flexibility index (Phi) is 5.93. The van der Waals surface area contributed by atoms with E-state index in [1.54, 1.807) is 0 Å². The molecule has 0 bridgehead atoms. The molecule has 106 valence electrons. The molecule has 18 heavy (non-hydrogen) atoms. The number of rotatable bonds is 8. The third-order valence-corrected chi connectivity index (χ3v) is 4.36. The summed E-state index contributed by atoms with van der Waals surface area (Å²) in [5.41, 5.74) is 6.21. The average Bonchev–Trinajstić information content (AvgIpc) is 2.79. The fraction of sp³-hybridized carbons (Fsp3) is 1.00. The Bertz CT molecular complexity index is 223. The first-order valence-electron chi connectivity index (χ1n) is 7.76. The summed E-state index contributed by atoms with van der Waals surface area (Å²) in [6.45, 7) is 3.90. The van der Waals surface area contributed by atoms with Crippen LogP contribution in [0, 0.1) is 5.92 Å². The largest absolute Gasteiger partial charge is 0.378 e. The van der Waals surface area contributed by atoms with Crippen molar-refractivity contribution in [1.29, 1.82) is 0 Å². The van der Waals surface area contributed by atoms with Gasteiger partial charge < -0.3 is 15.2 Å². The quantitative estimate of drug-likeness (QED) is 0.725. The van der Waals surface area contributed by atoms with Crippen molar-refractivity contribution in [3.05, 3.63) is 0 Å². The minimum atomic E-state index is 0.388. The third-order valence-electron chi connectivity index (χ3n) is 4.36. The van der Waals surface area contributed by atoms with Crippen LogP contribution in [0.5, 0.6) is 0 Å². The molecule has 0 radical (unpaired) electrons. The molecule has 1 heterocycles. The van der Waals surface area contributed by atoms with Crippen molar-refractivity contribution in [3.63, 3.8) is 0 Å². The number of ether oxygens (including phenoxy) is 2. The molecule has 0 amide bonds. The van der Waals surface area contributed by atoms with Crippen molar-refractivity contribution in [1.82, 2.24) is 0 Å². The van der Waals surface area contributed by atoms with E-state index >= 15 is 0 Å². The fourth-order valence-corrected chi connectivity index (χ4v) is 3.26. The highest BCUT2D eigenvalue weighted by Gasteiger charge is 2.30. The molecule has 2 unspecified atom stereocenters. The molecule has 1 aliphatic carbocycles. The summed E-state index contributed by atoms with van der Waals surface area (Å²) in [7, 11) is 0.